The molecule has 0 saturated carbocycles. The molecule has 17 heavy (non-hydrogen) atoms. The van der Waals surface area contributed by atoms with Crippen molar-refractivity contribution in [3.63, 3.8) is 0 Å². The number of nitrogens with zero attached hydrogens (tertiary/aromatic N) is 2. The molecule has 0 amide bonds. The largest absolute Gasteiger partial charge is 0.306 e. The number of hydrogen-bond acceptors (Lipinski definition) is 3. The Labute approximate surface area is 111 Å². The summed E-state index contributed by atoms with van der Waals surface area (Å²) in [5.41, 5.74) is 1.38. The van der Waals surface area contributed by atoms with Crippen LogP contribution < -0.4 is 0 Å². The second kappa shape index (κ2) is 9.49. The van der Waals surface area contributed by atoms with Gasteiger partial charge in [0.15, 0.2) is 0 Å². The van der Waals surface area contributed by atoms with Gasteiger partial charge >= 0.3 is 0 Å². The number of thiol groups is 1. The fourth-order valence-electron chi connectivity index (χ4n) is 1.83. The van der Waals surface area contributed by atoms with Crippen LogP contribution in [0.5, 0.6) is 0 Å². The van der Waals surface area contributed by atoms with Crippen LogP contribution in [0.15, 0.2) is 24.5 Å². The van der Waals surface area contributed by atoms with E-state index in [0.29, 0.717) is 0 Å². The van der Waals surface area contributed by atoms with Gasteiger partial charge in [-0.1, -0.05) is 12.8 Å². The van der Waals surface area contributed by atoms with Gasteiger partial charge in [-0.2, -0.15) is 12.6 Å². The molecule has 0 unspecified atom stereocenters. The molecule has 1 aromatic heterocycles. The lowest BCUT2D eigenvalue weighted by Crippen LogP contribution is -2.22. The van der Waals surface area contributed by atoms with Gasteiger partial charge in [-0.05, 0) is 56.3 Å². The summed E-state index contributed by atoms with van der Waals surface area (Å²) in [7, 11) is 2.21. The van der Waals surface area contributed by atoms with Gasteiger partial charge in [-0.3, -0.25) is 4.98 Å². The zero-order chi connectivity index (χ0) is 12.3. The highest BCUT2D eigenvalue weighted by Gasteiger charge is 1.99. The summed E-state index contributed by atoms with van der Waals surface area (Å²) >= 11 is 4.22. The van der Waals surface area contributed by atoms with Crippen LogP contribution in [0.4, 0.5) is 0 Å². The summed E-state index contributed by atoms with van der Waals surface area (Å²) in [6, 6.07) is 4.20. The molecule has 96 valence electrons. The molecule has 0 aliphatic heterocycles. The van der Waals surface area contributed by atoms with Crippen LogP contribution >= 0.6 is 12.6 Å². The zero-order valence-corrected chi connectivity index (χ0v) is 11.7. The van der Waals surface area contributed by atoms with E-state index >= 15 is 0 Å². The van der Waals surface area contributed by atoms with Crippen LogP contribution in [0.3, 0.4) is 0 Å². The molecule has 0 spiro atoms. The molecule has 0 aliphatic carbocycles. The molecule has 0 radical (unpaired) electrons. The first-order chi connectivity index (χ1) is 8.33. The van der Waals surface area contributed by atoms with Crippen LogP contribution in [0.1, 0.15) is 31.2 Å². The highest BCUT2D eigenvalue weighted by atomic mass is 32.1. The molecule has 0 saturated heterocycles. The first-order valence-corrected chi connectivity index (χ1v) is 7.14. The van der Waals surface area contributed by atoms with Gasteiger partial charge in [0, 0.05) is 18.9 Å². The molecule has 1 heterocycles. The van der Waals surface area contributed by atoms with Gasteiger partial charge in [0.25, 0.3) is 0 Å². The molecule has 0 N–H and O–H groups in total. The third kappa shape index (κ3) is 7.40. The number of aromatic nitrogens is 1. The minimum Gasteiger partial charge on any atom is -0.306 e. The van der Waals surface area contributed by atoms with E-state index in [1.54, 1.807) is 0 Å². The summed E-state index contributed by atoms with van der Waals surface area (Å²) in [5.74, 6) is 1.03. The normalized spacial score (nSPS) is 11.0. The molecular weight excluding hydrogens is 228 g/mol. The second-order valence-electron chi connectivity index (χ2n) is 4.55. The van der Waals surface area contributed by atoms with Gasteiger partial charge in [0.2, 0.25) is 0 Å². The Morgan fingerprint density at radius 3 is 2.47 bits per heavy atom. The number of rotatable bonds is 9. The highest BCUT2D eigenvalue weighted by molar-refractivity contribution is 7.80. The van der Waals surface area contributed by atoms with Crippen molar-refractivity contribution in [3.05, 3.63) is 30.1 Å². The molecule has 0 atom stereocenters. The number of likely N-dealkylation sites (N-methyl/N-ethyl adjacent to an activating group) is 1. The van der Waals surface area contributed by atoms with Crippen LogP contribution in [0, 0.1) is 0 Å². The van der Waals surface area contributed by atoms with Crippen molar-refractivity contribution in [2.45, 2.75) is 32.1 Å². The smallest absolute Gasteiger partial charge is 0.0270 e. The average Bonchev–Trinajstić information content (AvgIpc) is 2.37. The van der Waals surface area contributed by atoms with Crippen LogP contribution in [-0.4, -0.2) is 35.8 Å². The predicted molar refractivity (Wildman–Crippen MR) is 77.8 cm³/mol. The topological polar surface area (TPSA) is 16.1 Å². The quantitative estimate of drug-likeness (QED) is 0.537. The summed E-state index contributed by atoms with van der Waals surface area (Å²) in [5, 5.41) is 0. The molecule has 2 nitrogen and oxygen atoms in total. The fraction of sp³-hybridized carbons (Fsp3) is 0.643. The lowest BCUT2D eigenvalue weighted by molar-refractivity contribution is 0.328. The van der Waals surface area contributed by atoms with E-state index in [-0.39, 0.29) is 0 Å². The van der Waals surface area contributed by atoms with Gasteiger partial charge in [0.05, 0.1) is 0 Å². The summed E-state index contributed by atoms with van der Waals surface area (Å²) in [6.45, 7) is 2.34. The lowest BCUT2D eigenvalue weighted by atomic mass is 10.2. The van der Waals surface area contributed by atoms with E-state index in [1.807, 2.05) is 12.4 Å². The lowest BCUT2D eigenvalue weighted by Gasteiger charge is -2.16. The maximum absolute atomic E-state index is 4.22. The maximum atomic E-state index is 4.22. The summed E-state index contributed by atoms with van der Waals surface area (Å²) in [6.07, 6.45) is 10.1. The predicted octanol–water partition coefficient (Wildman–Crippen LogP) is 3.05. The summed E-state index contributed by atoms with van der Waals surface area (Å²) in [4.78, 5) is 6.45. The Hall–Kier alpha value is -0.540. The van der Waals surface area contributed by atoms with Crippen LogP contribution in [0.2, 0.25) is 0 Å². The Balaban J connectivity index is 2.03. The minimum absolute atomic E-state index is 1.03. The monoisotopic (exact) mass is 252 g/mol. The van der Waals surface area contributed by atoms with Crippen molar-refractivity contribution in [2.24, 2.45) is 0 Å². The van der Waals surface area contributed by atoms with Gasteiger partial charge in [0.1, 0.15) is 0 Å². The van der Waals surface area contributed by atoms with Crippen molar-refractivity contribution >= 4 is 12.6 Å². The molecule has 1 aromatic rings. The Morgan fingerprint density at radius 2 is 1.76 bits per heavy atom. The standard InChI is InChI=1S/C14H24N2S/c1-16(11-4-2-3-5-13-17)12-8-14-6-9-15-10-7-14/h6-7,9-10,17H,2-5,8,11-13H2,1H3. The molecule has 0 aromatic carbocycles. The molecule has 0 bridgehead atoms. The molecule has 0 fully saturated rings. The molecular formula is C14H24N2S. The molecule has 3 heteroatoms. The third-order valence-electron chi connectivity index (χ3n) is 2.98. The van der Waals surface area contributed by atoms with Crippen LogP contribution in [0.25, 0.3) is 0 Å². The van der Waals surface area contributed by atoms with Crippen molar-refractivity contribution in [2.75, 3.05) is 25.9 Å². The minimum atomic E-state index is 1.03. The van der Waals surface area contributed by atoms with Crippen molar-refractivity contribution in [3.8, 4) is 0 Å². The SMILES string of the molecule is CN(CCCCCCS)CCc1ccncc1. The summed E-state index contributed by atoms with van der Waals surface area (Å²) < 4.78 is 0. The zero-order valence-electron chi connectivity index (χ0n) is 10.8. The first-order valence-electron chi connectivity index (χ1n) is 6.51. The highest BCUT2D eigenvalue weighted by Crippen LogP contribution is 2.03. The number of unbranched alkanes of at least 4 members (excludes halogenated alkanes) is 3. The van der Waals surface area contributed by atoms with Crippen molar-refractivity contribution in [1.82, 2.24) is 9.88 Å². The molecule has 0 aliphatic rings. The Bertz CT molecular complexity index is 277. The Kier molecular flexibility index (Phi) is 8.10. The van der Waals surface area contributed by atoms with E-state index in [9.17, 15) is 0 Å². The van der Waals surface area contributed by atoms with E-state index in [2.05, 4.69) is 41.7 Å². The Morgan fingerprint density at radius 1 is 1.06 bits per heavy atom. The van der Waals surface area contributed by atoms with E-state index in [4.69, 9.17) is 0 Å². The van der Waals surface area contributed by atoms with E-state index < -0.39 is 0 Å². The third-order valence-corrected chi connectivity index (χ3v) is 3.30. The van der Waals surface area contributed by atoms with Crippen molar-refractivity contribution < 1.29 is 0 Å². The number of pyridine rings is 1. The van der Waals surface area contributed by atoms with E-state index in [0.717, 1.165) is 18.7 Å². The van der Waals surface area contributed by atoms with Crippen LogP contribution in [-0.2, 0) is 6.42 Å². The van der Waals surface area contributed by atoms with Crippen molar-refractivity contribution in [1.29, 1.82) is 0 Å². The van der Waals surface area contributed by atoms with E-state index in [1.165, 1.54) is 37.8 Å². The average molecular weight is 252 g/mol. The van der Waals surface area contributed by atoms with Gasteiger partial charge < -0.3 is 4.90 Å². The fourth-order valence-corrected chi connectivity index (χ4v) is 2.05. The van der Waals surface area contributed by atoms with Gasteiger partial charge in [-0.25, -0.2) is 0 Å². The first kappa shape index (κ1) is 14.5. The molecule has 1 rings (SSSR count). The number of hydrogen-bond donors (Lipinski definition) is 1. The second-order valence-corrected chi connectivity index (χ2v) is 4.99. The van der Waals surface area contributed by atoms with Gasteiger partial charge in [-0.15, -0.1) is 0 Å². The maximum Gasteiger partial charge on any atom is 0.0270 e.